The van der Waals surface area contributed by atoms with Gasteiger partial charge in [-0.05, 0) is 31.9 Å². The summed E-state index contributed by atoms with van der Waals surface area (Å²) in [5.74, 6) is -0.0408. The van der Waals surface area contributed by atoms with Crippen molar-refractivity contribution in [1.29, 1.82) is 0 Å². The number of halogens is 2. The van der Waals surface area contributed by atoms with Crippen molar-refractivity contribution in [2.75, 3.05) is 50.8 Å². The van der Waals surface area contributed by atoms with Gasteiger partial charge in [-0.2, -0.15) is 0 Å². The van der Waals surface area contributed by atoms with E-state index in [0.717, 1.165) is 0 Å². The SMILES string of the molecule is CCOC(=O)c1nc2cc(Cl)c(Cl)cc2nc1N1CCN(C(=O)C2CCN(C(C)=O)CC2)CC1. The molecule has 1 aromatic heterocycles. The smallest absolute Gasteiger partial charge is 0.360 e. The van der Waals surface area contributed by atoms with E-state index >= 15 is 0 Å². The molecule has 182 valence electrons. The lowest BCUT2D eigenvalue weighted by Gasteiger charge is -2.39. The van der Waals surface area contributed by atoms with Gasteiger partial charge in [0.05, 0.1) is 27.7 Å². The number of hydrogen-bond acceptors (Lipinski definition) is 7. The molecule has 0 atom stereocenters. The molecular formula is C23H27Cl2N5O4. The van der Waals surface area contributed by atoms with Gasteiger partial charge in [-0.1, -0.05) is 23.2 Å². The van der Waals surface area contributed by atoms with Crippen LogP contribution in [0.5, 0.6) is 0 Å². The second kappa shape index (κ2) is 10.3. The summed E-state index contributed by atoms with van der Waals surface area (Å²) in [5, 5.41) is 0.678. The van der Waals surface area contributed by atoms with Crippen molar-refractivity contribution < 1.29 is 19.1 Å². The van der Waals surface area contributed by atoms with Crippen LogP contribution < -0.4 is 4.90 Å². The molecule has 0 bridgehead atoms. The van der Waals surface area contributed by atoms with Crippen LogP contribution >= 0.6 is 23.2 Å². The zero-order valence-electron chi connectivity index (χ0n) is 19.2. The quantitative estimate of drug-likeness (QED) is 0.586. The van der Waals surface area contributed by atoms with Crippen LogP contribution in [0.3, 0.4) is 0 Å². The highest BCUT2D eigenvalue weighted by molar-refractivity contribution is 6.42. The summed E-state index contributed by atoms with van der Waals surface area (Å²) < 4.78 is 5.21. The third-order valence-electron chi connectivity index (χ3n) is 6.34. The summed E-state index contributed by atoms with van der Waals surface area (Å²) in [6.45, 7) is 6.77. The minimum absolute atomic E-state index is 0.0528. The monoisotopic (exact) mass is 507 g/mol. The van der Waals surface area contributed by atoms with E-state index in [0.29, 0.717) is 79.0 Å². The molecule has 1 aromatic carbocycles. The van der Waals surface area contributed by atoms with E-state index in [9.17, 15) is 14.4 Å². The standard InChI is InChI=1S/C23H27Cl2N5O4/c1-3-34-23(33)20-21(27-19-13-17(25)16(24)12-18(19)26-20)29-8-10-30(11-9-29)22(32)15-4-6-28(7-5-15)14(2)31/h12-13,15H,3-11H2,1-2H3. The van der Waals surface area contributed by atoms with Crippen molar-refractivity contribution in [2.45, 2.75) is 26.7 Å². The van der Waals surface area contributed by atoms with E-state index < -0.39 is 5.97 Å². The Hall–Kier alpha value is -2.65. The number of benzene rings is 1. The Morgan fingerprint density at radius 3 is 2.09 bits per heavy atom. The first kappa shape index (κ1) is 24.5. The van der Waals surface area contributed by atoms with Crippen LogP contribution in [0.15, 0.2) is 12.1 Å². The van der Waals surface area contributed by atoms with E-state index in [4.69, 9.17) is 27.9 Å². The number of esters is 1. The molecule has 2 fully saturated rings. The van der Waals surface area contributed by atoms with E-state index in [2.05, 4.69) is 9.97 Å². The first-order valence-corrected chi connectivity index (χ1v) is 12.2. The molecule has 0 radical (unpaired) electrons. The van der Waals surface area contributed by atoms with E-state index in [-0.39, 0.29) is 30.0 Å². The topological polar surface area (TPSA) is 95.9 Å². The molecule has 2 saturated heterocycles. The fourth-order valence-corrected chi connectivity index (χ4v) is 4.75. The third-order valence-corrected chi connectivity index (χ3v) is 7.06. The number of piperidine rings is 1. The van der Waals surface area contributed by atoms with Gasteiger partial charge < -0.3 is 19.4 Å². The normalized spacial score (nSPS) is 17.2. The lowest BCUT2D eigenvalue weighted by molar-refractivity contribution is -0.140. The van der Waals surface area contributed by atoms with E-state index in [1.807, 2.05) is 9.80 Å². The van der Waals surface area contributed by atoms with E-state index in [1.165, 1.54) is 0 Å². The largest absolute Gasteiger partial charge is 0.461 e. The zero-order valence-corrected chi connectivity index (χ0v) is 20.7. The lowest BCUT2D eigenvalue weighted by Crippen LogP contribution is -2.52. The Bertz CT molecular complexity index is 1110. The van der Waals surface area contributed by atoms with Gasteiger partial charge >= 0.3 is 5.97 Å². The van der Waals surface area contributed by atoms with E-state index in [1.54, 1.807) is 30.9 Å². The molecule has 9 nitrogen and oxygen atoms in total. The van der Waals surface area contributed by atoms with Crippen LogP contribution in [0, 0.1) is 5.92 Å². The van der Waals surface area contributed by atoms with Crippen molar-refractivity contribution in [2.24, 2.45) is 5.92 Å². The van der Waals surface area contributed by atoms with Gasteiger partial charge in [0.1, 0.15) is 0 Å². The Morgan fingerprint density at radius 2 is 1.53 bits per heavy atom. The number of amides is 2. The van der Waals surface area contributed by atoms with Crippen LogP contribution in [0.4, 0.5) is 5.82 Å². The van der Waals surface area contributed by atoms with Gasteiger partial charge in [0.15, 0.2) is 11.5 Å². The number of fused-ring (bicyclic) bond motifs is 1. The zero-order chi connectivity index (χ0) is 24.4. The average Bonchev–Trinajstić information content (AvgIpc) is 2.84. The maximum atomic E-state index is 13.1. The highest BCUT2D eigenvalue weighted by atomic mass is 35.5. The molecule has 0 saturated carbocycles. The van der Waals surface area contributed by atoms with Gasteiger partial charge in [0, 0.05) is 52.1 Å². The first-order valence-electron chi connectivity index (χ1n) is 11.4. The predicted molar refractivity (Wildman–Crippen MR) is 129 cm³/mol. The average molecular weight is 508 g/mol. The van der Waals surface area contributed by atoms with Crippen molar-refractivity contribution in [3.8, 4) is 0 Å². The Kier molecular flexibility index (Phi) is 7.42. The summed E-state index contributed by atoms with van der Waals surface area (Å²) in [6.07, 6.45) is 1.37. The molecule has 2 aliphatic heterocycles. The molecule has 0 unspecified atom stereocenters. The number of likely N-dealkylation sites (tertiary alicyclic amines) is 1. The Balaban J connectivity index is 1.50. The molecule has 0 N–H and O–H groups in total. The molecule has 2 amide bonds. The Labute approximate surface area is 207 Å². The molecule has 2 aliphatic rings. The van der Waals surface area contributed by atoms with Crippen molar-refractivity contribution in [3.63, 3.8) is 0 Å². The summed E-state index contributed by atoms with van der Waals surface area (Å²) in [4.78, 5) is 52.0. The number of carbonyl (C=O) groups excluding carboxylic acids is 3. The predicted octanol–water partition coefficient (Wildman–Crippen LogP) is 3.02. The highest BCUT2D eigenvalue weighted by Gasteiger charge is 2.32. The fourth-order valence-electron chi connectivity index (χ4n) is 4.44. The van der Waals surface area contributed by atoms with Gasteiger partial charge in [-0.25, -0.2) is 14.8 Å². The summed E-state index contributed by atoms with van der Waals surface area (Å²) >= 11 is 12.3. The molecule has 34 heavy (non-hydrogen) atoms. The lowest BCUT2D eigenvalue weighted by atomic mass is 9.95. The number of carbonyl (C=O) groups is 3. The molecular weight excluding hydrogens is 481 g/mol. The van der Waals surface area contributed by atoms with Crippen LogP contribution in [0.25, 0.3) is 11.0 Å². The maximum absolute atomic E-state index is 13.1. The highest BCUT2D eigenvalue weighted by Crippen LogP contribution is 2.30. The maximum Gasteiger partial charge on any atom is 0.360 e. The molecule has 0 aliphatic carbocycles. The first-order chi connectivity index (χ1) is 16.3. The summed E-state index contributed by atoms with van der Waals surface area (Å²) in [5.41, 5.74) is 1.09. The number of aromatic nitrogens is 2. The molecule has 2 aromatic rings. The number of rotatable bonds is 4. The minimum Gasteiger partial charge on any atom is -0.461 e. The number of ether oxygens (including phenoxy) is 1. The Morgan fingerprint density at radius 1 is 0.941 bits per heavy atom. The van der Waals surface area contributed by atoms with Crippen LogP contribution in [-0.2, 0) is 14.3 Å². The number of nitrogens with zero attached hydrogens (tertiary/aromatic N) is 5. The van der Waals surface area contributed by atoms with Crippen molar-refractivity contribution in [1.82, 2.24) is 19.8 Å². The van der Waals surface area contributed by atoms with Gasteiger partial charge in [-0.15, -0.1) is 0 Å². The van der Waals surface area contributed by atoms with Crippen LogP contribution in [0.2, 0.25) is 10.0 Å². The minimum atomic E-state index is -0.561. The summed E-state index contributed by atoms with van der Waals surface area (Å²) in [6, 6.07) is 3.20. The number of piperazine rings is 1. The van der Waals surface area contributed by atoms with Crippen molar-refractivity contribution in [3.05, 3.63) is 27.9 Å². The fraction of sp³-hybridized carbons (Fsp3) is 0.522. The van der Waals surface area contributed by atoms with Gasteiger partial charge in [0.2, 0.25) is 11.8 Å². The van der Waals surface area contributed by atoms with Crippen LogP contribution in [0.1, 0.15) is 37.2 Å². The molecule has 11 heteroatoms. The van der Waals surface area contributed by atoms with Crippen LogP contribution in [-0.4, -0.2) is 83.4 Å². The number of hydrogen-bond donors (Lipinski definition) is 0. The second-order valence-electron chi connectivity index (χ2n) is 8.46. The second-order valence-corrected chi connectivity index (χ2v) is 9.28. The number of anilines is 1. The van der Waals surface area contributed by atoms with Crippen molar-refractivity contribution >= 4 is 57.8 Å². The molecule has 0 spiro atoms. The molecule has 3 heterocycles. The molecule has 4 rings (SSSR count). The third kappa shape index (κ3) is 5.05. The summed E-state index contributed by atoms with van der Waals surface area (Å²) in [7, 11) is 0. The van der Waals surface area contributed by atoms with Gasteiger partial charge in [-0.3, -0.25) is 9.59 Å². The van der Waals surface area contributed by atoms with Gasteiger partial charge in [0.25, 0.3) is 0 Å².